The lowest BCUT2D eigenvalue weighted by molar-refractivity contribution is -0.384. The SMILES string of the molecule is CCN(CC)c1ccc([N+](=O)[O-])cc1C(=O)NCc1ccc(F)cc1. The fourth-order valence-electron chi connectivity index (χ4n) is 2.54. The molecule has 0 saturated heterocycles. The predicted molar refractivity (Wildman–Crippen MR) is 94.2 cm³/mol. The quantitative estimate of drug-likeness (QED) is 0.615. The van der Waals surface area contributed by atoms with E-state index in [9.17, 15) is 19.3 Å². The monoisotopic (exact) mass is 345 g/mol. The normalized spacial score (nSPS) is 10.4. The first-order valence-corrected chi connectivity index (χ1v) is 8.02. The number of nitrogens with one attached hydrogen (secondary N) is 1. The summed E-state index contributed by atoms with van der Waals surface area (Å²) in [5.74, 6) is -0.757. The van der Waals surface area contributed by atoms with Crippen LogP contribution in [0.1, 0.15) is 29.8 Å². The Hall–Kier alpha value is -2.96. The molecule has 0 aliphatic heterocycles. The van der Waals surface area contributed by atoms with Gasteiger partial charge in [0.1, 0.15) is 5.82 Å². The minimum Gasteiger partial charge on any atom is -0.371 e. The molecule has 0 heterocycles. The summed E-state index contributed by atoms with van der Waals surface area (Å²) in [5, 5.41) is 13.8. The van der Waals surface area contributed by atoms with E-state index in [2.05, 4.69) is 5.32 Å². The second kappa shape index (κ2) is 8.23. The van der Waals surface area contributed by atoms with Gasteiger partial charge in [0.2, 0.25) is 0 Å². The van der Waals surface area contributed by atoms with Gasteiger partial charge in [0, 0.05) is 37.5 Å². The Kier molecular flexibility index (Phi) is 6.05. The molecule has 0 saturated carbocycles. The summed E-state index contributed by atoms with van der Waals surface area (Å²) in [5.41, 5.74) is 1.50. The van der Waals surface area contributed by atoms with Crippen molar-refractivity contribution in [1.29, 1.82) is 0 Å². The number of benzene rings is 2. The number of nitro benzene ring substituents is 1. The van der Waals surface area contributed by atoms with Gasteiger partial charge in [-0.25, -0.2) is 4.39 Å². The van der Waals surface area contributed by atoms with Crippen LogP contribution in [0.4, 0.5) is 15.8 Å². The van der Waals surface area contributed by atoms with Crippen molar-refractivity contribution < 1.29 is 14.1 Å². The number of carbonyl (C=O) groups excluding carboxylic acids is 1. The molecule has 0 aliphatic carbocycles. The van der Waals surface area contributed by atoms with Crippen molar-refractivity contribution in [1.82, 2.24) is 5.32 Å². The number of carbonyl (C=O) groups is 1. The van der Waals surface area contributed by atoms with Gasteiger partial charge in [0.05, 0.1) is 10.5 Å². The fraction of sp³-hybridized carbons (Fsp3) is 0.278. The Labute approximate surface area is 145 Å². The van der Waals surface area contributed by atoms with Gasteiger partial charge in [-0.3, -0.25) is 14.9 Å². The van der Waals surface area contributed by atoms with E-state index < -0.39 is 10.8 Å². The smallest absolute Gasteiger partial charge is 0.270 e. The molecule has 2 aromatic carbocycles. The maximum atomic E-state index is 12.9. The van der Waals surface area contributed by atoms with Gasteiger partial charge >= 0.3 is 0 Å². The lowest BCUT2D eigenvalue weighted by atomic mass is 10.1. The number of nitrogens with zero attached hydrogens (tertiary/aromatic N) is 2. The first-order chi connectivity index (χ1) is 12.0. The molecule has 0 aromatic heterocycles. The summed E-state index contributed by atoms with van der Waals surface area (Å²) in [6.07, 6.45) is 0. The standard InChI is InChI=1S/C18H20FN3O3/c1-3-21(4-2)17-10-9-15(22(24)25)11-16(17)18(23)20-12-13-5-7-14(19)8-6-13/h5-11H,3-4,12H2,1-2H3,(H,20,23). The van der Waals surface area contributed by atoms with E-state index >= 15 is 0 Å². The molecular weight excluding hydrogens is 325 g/mol. The fourth-order valence-corrected chi connectivity index (χ4v) is 2.54. The van der Waals surface area contributed by atoms with Crippen molar-refractivity contribution in [2.75, 3.05) is 18.0 Å². The molecule has 132 valence electrons. The molecule has 25 heavy (non-hydrogen) atoms. The van der Waals surface area contributed by atoms with E-state index in [1.54, 1.807) is 18.2 Å². The molecule has 7 heteroatoms. The van der Waals surface area contributed by atoms with Crippen LogP contribution in [0.15, 0.2) is 42.5 Å². The Balaban J connectivity index is 2.27. The minimum absolute atomic E-state index is 0.136. The van der Waals surface area contributed by atoms with Crippen molar-refractivity contribution in [3.8, 4) is 0 Å². The summed E-state index contributed by atoms with van der Waals surface area (Å²) in [7, 11) is 0. The number of rotatable bonds is 7. The van der Waals surface area contributed by atoms with E-state index in [4.69, 9.17) is 0 Å². The highest BCUT2D eigenvalue weighted by Gasteiger charge is 2.19. The molecule has 2 aromatic rings. The van der Waals surface area contributed by atoms with Crippen LogP contribution in [-0.2, 0) is 6.54 Å². The van der Waals surface area contributed by atoms with Gasteiger partial charge < -0.3 is 10.2 Å². The van der Waals surface area contributed by atoms with Crippen molar-refractivity contribution >= 4 is 17.3 Å². The third-order valence-electron chi connectivity index (χ3n) is 3.91. The van der Waals surface area contributed by atoms with E-state index in [1.807, 2.05) is 18.7 Å². The molecule has 0 fully saturated rings. The highest BCUT2D eigenvalue weighted by molar-refractivity contribution is 6.00. The maximum Gasteiger partial charge on any atom is 0.270 e. The summed E-state index contributed by atoms with van der Waals surface area (Å²) < 4.78 is 12.9. The molecule has 2 rings (SSSR count). The van der Waals surface area contributed by atoms with Crippen LogP contribution >= 0.6 is 0 Å². The summed E-state index contributed by atoms with van der Waals surface area (Å²) in [4.78, 5) is 25.0. The summed E-state index contributed by atoms with van der Waals surface area (Å²) in [6, 6.07) is 10.1. The second-order valence-electron chi connectivity index (χ2n) is 5.44. The van der Waals surface area contributed by atoms with E-state index in [0.29, 0.717) is 18.8 Å². The zero-order chi connectivity index (χ0) is 18.4. The van der Waals surface area contributed by atoms with Crippen LogP contribution in [0.3, 0.4) is 0 Å². The number of halogens is 1. The van der Waals surface area contributed by atoms with Crippen LogP contribution in [0.5, 0.6) is 0 Å². The van der Waals surface area contributed by atoms with Crippen LogP contribution in [0, 0.1) is 15.9 Å². The van der Waals surface area contributed by atoms with Crippen LogP contribution in [0.25, 0.3) is 0 Å². The summed E-state index contributed by atoms with van der Waals surface area (Å²) >= 11 is 0. The molecule has 0 bridgehead atoms. The maximum absolute atomic E-state index is 12.9. The number of nitro groups is 1. The van der Waals surface area contributed by atoms with E-state index in [1.165, 1.54) is 24.3 Å². The largest absolute Gasteiger partial charge is 0.371 e. The third-order valence-corrected chi connectivity index (χ3v) is 3.91. The lowest BCUT2D eigenvalue weighted by Gasteiger charge is -2.23. The van der Waals surface area contributed by atoms with Crippen molar-refractivity contribution in [3.05, 3.63) is 69.5 Å². The number of anilines is 1. The van der Waals surface area contributed by atoms with Gasteiger partial charge in [0.25, 0.3) is 11.6 Å². The molecule has 0 spiro atoms. The zero-order valence-corrected chi connectivity index (χ0v) is 14.2. The third kappa shape index (κ3) is 4.53. The molecule has 1 amide bonds. The number of hydrogen-bond donors (Lipinski definition) is 1. The second-order valence-corrected chi connectivity index (χ2v) is 5.44. The Morgan fingerprint density at radius 2 is 1.80 bits per heavy atom. The Morgan fingerprint density at radius 3 is 2.36 bits per heavy atom. The highest BCUT2D eigenvalue weighted by atomic mass is 19.1. The van der Waals surface area contributed by atoms with Crippen LogP contribution in [0.2, 0.25) is 0 Å². The Morgan fingerprint density at radius 1 is 1.16 bits per heavy atom. The van der Waals surface area contributed by atoms with Crippen molar-refractivity contribution in [3.63, 3.8) is 0 Å². The van der Waals surface area contributed by atoms with Gasteiger partial charge in [-0.15, -0.1) is 0 Å². The van der Waals surface area contributed by atoms with Crippen molar-refractivity contribution in [2.24, 2.45) is 0 Å². The highest BCUT2D eigenvalue weighted by Crippen LogP contribution is 2.25. The van der Waals surface area contributed by atoms with Gasteiger partial charge in [-0.2, -0.15) is 0 Å². The molecule has 0 unspecified atom stereocenters. The van der Waals surface area contributed by atoms with Gasteiger partial charge in [0.15, 0.2) is 0 Å². The topological polar surface area (TPSA) is 75.5 Å². The first kappa shape index (κ1) is 18.4. The molecule has 6 nitrogen and oxygen atoms in total. The van der Waals surface area contributed by atoms with E-state index in [-0.39, 0.29) is 23.6 Å². The average molecular weight is 345 g/mol. The number of non-ortho nitro benzene ring substituents is 1. The molecule has 0 aliphatic rings. The lowest BCUT2D eigenvalue weighted by Crippen LogP contribution is -2.28. The van der Waals surface area contributed by atoms with Crippen LogP contribution < -0.4 is 10.2 Å². The predicted octanol–water partition coefficient (Wildman–Crippen LogP) is 3.51. The Bertz CT molecular complexity index is 759. The number of hydrogen-bond acceptors (Lipinski definition) is 4. The van der Waals surface area contributed by atoms with Gasteiger partial charge in [-0.1, -0.05) is 12.1 Å². The molecular formula is C18H20FN3O3. The first-order valence-electron chi connectivity index (χ1n) is 8.02. The minimum atomic E-state index is -0.525. The molecule has 0 radical (unpaired) electrons. The molecule has 0 atom stereocenters. The summed E-state index contributed by atoms with van der Waals surface area (Å²) in [6.45, 7) is 5.45. The average Bonchev–Trinajstić information content (AvgIpc) is 2.62. The number of amides is 1. The molecule has 1 N–H and O–H groups in total. The van der Waals surface area contributed by atoms with E-state index in [0.717, 1.165) is 5.56 Å². The van der Waals surface area contributed by atoms with Crippen LogP contribution in [-0.4, -0.2) is 23.9 Å². The van der Waals surface area contributed by atoms with Crippen molar-refractivity contribution in [2.45, 2.75) is 20.4 Å². The van der Waals surface area contributed by atoms with Gasteiger partial charge in [-0.05, 0) is 37.6 Å². The zero-order valence-electron chi connectivity index (χ0n) is 14.2.